The molecule has 60 valence electrons. The second-order valence-corrected chi connectivity index (χ2v) is 2.50. The molecule has 0 spiro atoms. The van der Waals surface area contributed by atoms with Crippen molar-refractivity contribution in [1.82, 2.24) is 0 Å². The Bertz CT molecular complexity index is 99.4. The van der Waals surface area contributed by atoms with Crippen molar-refractivity contribution < 1.29 is 5.11 Å². The molecule has 0 aromatic rings. The van der Waals surface area contributed by atoms with Crippen LogP contribution in [-0.2, 0) is 0 Å². The second-order valence-electron chi connectivity index (χ2n) is 2.23. The van der Waals surface area contributed by atoms with Crippen molar-refractivity contribution in [2.75, 3.05) is 12.5 Å². The summed E-state index contributed by atoms with van der Waals surface area (Å²) in [7, 11) is 0. The molecule has 0 saturated heterocycles. The van der Waals surface area contributed by atoms with Crippen molar-refractivity contribution in [3.63, 3.8) is 0 Å². The van der Waals surface area contributed by atoms with E-state index >= 15 is 0 Å². The van der Waals surface area contributed by atoms with Crippen LogP contribution in [0.15, 0.2) is 11.6 Å². The average molecular weight is 163 g/mol. The highest BCUT2D eigenvalue weighted by Crippen LogP contribution is 2.07. The first kappa shape index (κ1) is 9.99. The van der Waals surface area contributed by atoms with E-state index in [1.165, 1.54) is 5.57 Å². The fraction of sp³-hybridized carbons (Fsp3) is 0.750. The molecule has 0 aliphatic heterocycles. The lowest BCUT2D eigenvalue weighted by Crippen LogP contribution is -1.88. The molecule has 0 unspecified atom stereocenters. The largest absolute Gasteiger partial charge is 0.396 e. The second kappa shape index (κ2) is 7.10. The Morgan fingerprint density at radius 1 is 1.60 bits per heavy atom. The molecule has 0 aliphatic rings. The van der Waals surface area contributed by atoms with Crippen molar-refractivity contribution in [3.8, 4) is 0 Å². The van der Waals surface area contributed by atoms with Crippen LogP contribution in [0.1, 0.15) is 26.2 Å². The maximum atomic E-state index is 8.51. The first-order valence-corrected chi connectivity index (χ1v) is 4.23. The quantitative estimate of drug-likeness (QED) is 0.486. The normalized spacial score (nSPS) is 12.1. The zero-order valence-electron chi connectivity index (χ0n) is 6.44. The molecular weight excluding hydrogens is 148 g/mol. The maximum Gasteiger partial charge on any atom is 0.0434 e. The molecule has 10 heavy (non-hydrogen) atoms. The Morgan fingerprint density at radius 3 is 2.70 bits per heavy atom. The molecule has 0 fully saturated rings. The van der Waals surface area contributed by atoms with Gasteiger partial charge >= 0.3 is 0 Å². The number of hydrogen-bond acceptors (Lipinski definition) is 1. The zero-order chi connectivity index (χ0) is 7.82. The van der Waals surface area contributed by atoms with Crippen LogP contribution in [-0.4, -0.2) is 17.6 Å². The molecule has 0 heterocycles. The lowest BCUT2D eigenvalue weighted by Gasteiger charge is -1.99. The highest BCUT2D eigenvalue weighted by atomic mass is 35.5. The molecule has 0 bridgehead atoms. The summed E-state index contributed by atoms with van der Waals surface area (Å²) in [5, 5.41) is 8.51. The summed E-state index contributed by atoms with van der Waals surface area (Å²) in [5.74, 6) is 0.605. The summed E-state index contributed by atoms with van der Waals surface area (Å²) in [5.41, 5.74) is 1.25. The molecule has 2 heteroatoms. The van der Waals surface area contributed by atoms with Crippen LogP contribution in [0.5, 0.6) is 0 Å². The molecular formula is C8H15ClO. The van der Waals surface area contributed by atoms with E-state index in [0.717, 1.165) is 19.3 Å². The van der Waals surface area contributed by atoms with Crippen LogP contribution < -0.4 is 0 Å². The molecule has 0 aromatic carbocycles. The van der Waals surface area contributed by atoms with E-state index in [9.17, 15) is 0 Å². The van der Waals surface area contributed by atoms with Gasteiger partial charge in [0.2, 0.25) is 0 Å². The number of alkyl halides is 1. The van der Waals surface area contributed by atoms with E-state index in [1.54, 1.807) is 0 Å². The smallest absolute Gasteiger partial charge is 0.0434 e. The summed E-state index contributed by atoms with van der Waals surface area (Å²) in [6.45, 7) is 2.35. The number of allylic oxidation sites excluding steroid dienone is 2. The third-order valence-corrected chi connectivity index (χ3v) is 1.66. The lowest BCUT2D eigenvalue weighted by molar-refractivity contribution is 0.288. The van der Waals surface area contributed by atoms with Crippen molar-refractivity contribution in [3.05, 3.63) is 11.6 Å². The Labute approximate surface area is 67.7 Å². The molecule has 0 rings (SSSR count). The van der Waals surface area contributed by atoms with Gasteiger partial charge < -0.3 is 5.11 Å². The maximum absolute atomic E-state index is 8.51. The van der Waals surface area contributed by atoms with Gasteiger partial charge in [-0.25, -0.2) is 0 Å². The van der Waals surface area contributed by atoms with Crippen molar-refractivity contribution >= 4 is 11.6 Å². The first-order chi connectivity index (χ1) is 4.85. The average Bonchev–Trinajstić information content (AvgIpc) is 1.98. The summed E-state index contributed by atoms with van der Waals surface area (Å²) in [4.78, 5) is 0. The third kappa shape index (κ3) is 4.83. The van der Waals surface area contributed by atoms with Gasteiger partial charge in [0.25, 0.3) is 0 Å². The fourth-order valence-electron chi connectivity index (χ4n) is 0.818. The molecule has 0 aliphatic carbocycles. The number of aliphatic hydroxyl groups excluding tert-OH is 1. The van der Waals surface area contributed by atoms with Crippen LogP contribution in [0, 0.1) is 0 Å². The predicted octanol–water partition coefficient (Wildman–Crippen LogP) is 2.33. The van der Waals surface area contributed by atoms with E-state index in [-0.39, 0.29) is 6.61 Å². The van der Waals surface area contributed by atoms with E-state index in [1.807, 2.05) is 0 Å². The molecule has 1 nitrogen and oxygen atoms in total. The zero-order valence-corrected chi connectivity index (χ0v) is 7.19. The van der Waals surface area contributed by atoms with Gasteiger partial charge in [-0.15, -0.1) is 11.6 Å². The fourth-order valence-corrected chi connectivity index (χ4v) is 1.06. The van der Waals surface area contributed by atoms with Gasteiger partial charge in [-0.05, 0) is 19.3 Å². The summed E-state index contributed by atoms with van der Waals surface area (Å²) < 4.78 is 0. The van der Waals surface area contributed by atoms with Crippen molar-refractivity contribution in [2.45, 2.75) is 26.2 Å². The van der Waals surface area contributed by atoms with Crippen LogP contribution in [0.2, 0.25) is 0 Å². The minimum absolute atomic E-state index is 0.262. The molecule has 0 saturated carbocycles. The number of aliphatic hydroxyl groups is 1. The van der Waals surface area contributed by atoms with Crippen LogP contribution in [0.25, 0.3) is 0 Å². The predicted molar refractivity (Wildman–Crippen MR) is 45.4 cm³/mol. The van der Waals surface area contributed by atoms with Gasteiger partial charge in [0.05, 0.1) is 0 Å². The van der Waals surface area contributed by atoms with E-state index in [4.69, 9.17) is 16.7 Å². The SMILES string of the molecule is CC/C=C(/CCl)CCCO. The highest BCUT2D eigenvalue weighted by Gasteiger charge is 1.92. The van der Waals surface area contributed by atoms with Gasteiger partial charge in [-0.2, -0.15) is 0 Å². The number of halogens is 1. The summed E-state index contributed by atoms with van der Waals surface area (Å²) in [6, 6.07) is 0. The van der Waals surface area contributed by atoms with E-state index < -0.39 is 0 Å². The van der Waals surface area contributed by atoms with Crippen LogP contribution in [0.3, 0.4) is 0 Å². The molecule has 0 amide bonds. The Kier molecular flexibility index (Phi) is 7.09. The Hall–Kier alpha value is -0.0100. The minimum Gasteiger partial charge on any atom is -0.396 e. The number of rotatable bonds is 5. The summed E-state index contributed by atoms with van der Waals surface area (Å²) >= 11 is 5.63. The van der Waals surface area contributed by atoms with Gasteiger partial charge in [0, 0.05) is 12.5 Å². The van der Waals surface area contributed by atoms with Gasteiger partial charge in [-0.3, -0.25) is 0 Å². The molecule has 0 atom stereocenters. The molecule has 0 radical (unpaired) electrons. The van der Waals surface area contributed by atoms with Crippen molar-refractivity contribution in [2.24, 2.45) is 0 Å². The van der Waals surface area contributed by atoms with Gasteiger partial charge in [-0.1, -0.05) is 18.6 Å². The van der Waals surface area contributed by atoms with E-state index in [0.29, 0.717) is 5.88 Å². The topological polar surface area (TPSA) is 20.2 Å². The van der Waals surface area contributed by atoms with E-state index in [2.05, 4.69) is 13.0 Å². The van der Waals surface area contributed by atoms with Crippen molar-refractivity contribution in [1.29, 1.82) is 0 Å². The first-order valence-electron chi connectivity index (χ1n) is 3.69. The lowest BCUT2D eigenvalue weighted by atomic mass is 10.1. The Morgan fingerprint density at radius 2 is 2.30 bits per heavy atom. The van der Waals surface area contributed by atoms with Gasteiger partial charge in [0.1, 0.15) is 0 Å². The molecule has 0 aromatic heterocycles. The number of hydrogen-bond donors (Lipinski definition) is 1. The standard InChI is InChI=1S/C8H15ClO/c1-2-4-8(7-9)5-3-6-10/h4,10H,2-3,5-7H2,1H3/b8-4+. The summed E-state index contributed by atoms with van der Waals surface area (Å²) in [6.07, 6.45) is 4.93. The van der Waals surface area contributed by atoms with Gasteiger partial charge in [0.15, 0.2) is 0 Å². The highest BCUT2D eigenvalue weighted by molar-refractivity contribution is 6.19. The monoisotopic (exact) mass is 162 g/mol. The Balaban J connectivity index is 3.49. The third-order valence-electron chi connectivity index (χ3n) is 1.32. The molecule has 1 N–H and O–H groups in total. The minimum atomic E-state index is 0.262. The van der Waals surface area contributed by atoms with Crippen LogP contribution >= 0.6 is 11.6 Å². The van der Waals surface area contributed by atoms with Crippen LogP contribution in [0.4, 0.5) is 0 Å².